The van der Waals surface area contributed by atoms with E-state index in [1.54, 1.807) is 16.2 Å². The zero-order valence-electron chi connectivity index (χ0n) is 26.3. The van der Waals surface area contributed by atoms with Gasteiger partial charge in [0.15, 0.2) is 10.9 Å². The van der Waals surface area contributed by atoms with E-state index in [-0.39, 0.29) is 42.1 Å². The topological polar surface area (TPSA) is 102 Å². The number of ether oxygens (including phenoxy) is 1. The molecule has 4 aliphatic heterocycles. The third kappa shape index (κ3) is 6.16. The molecule has 0 spiro atoms. The average Bonchev–Trinajstić information content (AvgIpc) is 3.77. The molecule has 5 atom stereocenters. The monoisotopic (exact) mass is 623 g/mol. The van der Waals surface area contributed by atoms with Gasteiger partial charge in [-0.15, -0.1) is 11.3 Å². The van der Waals surface area contributed by atoms with E-state index in [9.17, 15) is 14.4 Å². The van der Waals surface area contributed by atoms with Crippen molar-refractivity contribution >= 4 is 45.6 Å². The number of piperazine rings is 2. The molecule has 2 amide bonds. The number of fused-ring (bicyclic) bond motifs is 1. The number of nitrogens with zero attached hydrogens (tertiary/aromatic N) is 6. The maximum absolute atomic E-state index is 13.7. The molecule has 1 aromatic heterocycles. The summed E-state index contributed by atoms with van der Waals surface area (Å²) in [5.41, 5.74) is 1.59. The zero-order valence-corrected chi connectivity index (χ0v) is 27.1. The minimum atomic E-state index is -0.706. The molecule has 238 valence electrons. The van der Waals surface area contributed by atoms with Gasteiger partial charge in [-0.05, 0) is 37.2 Å². The van der Waals surface area contributed by atoms with Gasteiger partial charge in [0.05, 0.1) is 6.10 Å². The SMILES string of the molecule is CC[C@H](C)[C@H](NC(=O)c1ccc(N2CCN(c3csc(N4CCN(C)CC4)n3)CC2)cc1)C(=O)N1C[C@@H](C)[C@H]2OCC(=O)[C@H]21. The third-order valence-corrected chi connectivity index (χ3v) is 10.7. The summed E-state index contributed by atoms with van der Waals surface area (Å²) in [6, 6.07) is 6.39. The summed E-state index contributed by atoms with van der Waals surface area (Å²) in [5, 5.41) is 6.30. The van der Waals surface area contributed by atoms with Gasteiger partial charge in [-0.3, -0.25) is 14.4 Å². The van der Waals surface area contributed by atoms with Crippen LogP contribution >= 0.6 is 11.3 Å². The first-order valence-electron chi connectivity index (χ1n) is 16.0. The first kappa shape index (κ1) is 30.8. The van der Waals surface area contributed by atoms with Crippen LogP contribution in [0.15, 0.2) is 29.6 Å². The van der Waals surface area contributed by atoms with Crippen molar-refractivity contribution in [1.82, 2.24) is 20.1 Å². The van der Waals surface area contributed by atoms with E-state index in [0.717, 1.165) is 75.4 Å². The summed E-state index contributed by atoms with van der Waals surface area (Å²) in [6.45, 7) is 14.2. The lowest BCUT2D eigenvalue weighted by molar-refractivity contribution is -0.139. The lowest BCUT2D eigenvalue weighted by Crippen LogP contribution is -2.54. The highest BCUT2D eigenvalue weighted by Crippen LogP contribution is 2.33. The number of ketones is 1. The molecule has 2 aromatic rings. The van der Waals surface area contributed by atoms with Crippen LogP contribution in [-0.4, -0.2) is 123 Å². The molecule has 0 saturated carbocycles. The second-order valence-electron chi connectivity index (χ2n) is 12.8. The van der Waals surface area contributed by atoms with Gasteiger partial charge in [0.1, 0.15) is 24.5 Å². The van der Waals surface area contributed by atoms with Gasteiger partial charge in [0.25, 0.3) is 5.91 Å². The Balaban J connectivity index is 1.04. The van der Waals surface area contributed by atoms with E-state index >= 15 is 0 Å². The highest BCUT2D eigenvalue weighted by atomic mass is 32.1. The average molecular weight is 624 g/mol. The summed E-state index contributed by atoms with van der Waals surface area (Å²) in [7, 11) is 2.17. The maximum Gasteiger partial charge on any atom is 0.251 e. The van der Waals surface area contributed by atoms with Crippen molar-refractivity contribution in [1.29, 1.82) is 0 Å². The third-order valence-electron chi connectivity index (χ3n) is 9.84. The Morgan fingerprint density at radius 1 is 1.02 bits per heavy atom. The quantitative estimate of drug-likeness (QED) is 0.474. The number of benzene rings is 1. The van der Waals surface area contributed by atoms with Gasteiger partial charge >= 0.3 is 0 Å². The van der Waals surface area contributed by atoms with E-state index in [1.165, 1.54) is 0 Å². The van der Waals surface area contributed by atoms with Gasteiger partial charge in [0, 0.05) is 81.5 Å². The number of likely N-dealkylation sites (N-methyl/N-ethyl adjacent to an activating group) is 1. The Morgan fingerprint density at radius 3 is 2.36 bits per heavy atom. The molecule has 1 N–H and O–H groups in total. The smallest absolute Gasteiger partial charge is 0.251 e. The van der Waals surface area contributed by atoms with Gasteiger partial charge in [-0.25, -0.2) is 4.98 Å². The number of hydrogen-bond donors (Lipinski definition) is 1. The van der Waals surface area contributed by atoms with E-state index in [1.807, 2.05) is 45.0 Å². The van der Waals surface area contributed by atoms with Crippen LogP contribution < -0.4 is 20.0 Å². The Labute approximate surface area is 264 Å². The van der Waals surface area contributed by atoms with Crippen molar-refractivity contribution < 1.29 is 19.1 Å². The normalized spacial score (nSPS) is 25.7. The number of thiazole rings is 1. The molecule has 0 aliphatic carbocycles. The number of aromatic nitrogens is 1. The Bertz CT molecular complexity index is 1340. The molecule has 4 aliphatic rings. The van der Waals surface area contributed by atoms with Crippen molar-refractivity contribution in [3.05, 3.63) is 35.2 Å². The lowest BCUT2D eigenvalue weighted by atomic mass is 9.96. The van der Waals surface area contributed by atoms with Crippen LogP contribution in [0.4, 0.5) is 16.6 Å². The fraction of sp³-hybridized carbons (Fsp3) is 0.625. The van der Waals surface area contributed by atoms with Gasteiger partial charge in [0.2, 0.25) is 5.91 Å². The first-order chi connectivity index (χ1) is 21.2. The number of carbonyl (C=O) groups is 3. The van der Waals surface area contributed by atoms with Gasteiger partial charge < -0.3 is 34.6 Å². The molecule has 5 heterocycles. The number of likely N-dealkylation sites (tertiary alicyclic amines) is 1. The van der Waals surface area contributed by atoms with E-state index in [0.29, 0.717) is 12.1 Å². The van der Waals surface area contributed by atoms with Crippen molar-refractivity contribution in [2.45, 2.75) is 45.4 Å². The van der Waals surface area contributed by atoms with Crippen molar-refractivity contribution in [3.8, 4) is 0 Å². The summed E-state index contributed by atoms with van der Waals surface area (Å²) >= 11 is 1.73. The van der Waals surface area contributed by atoms with Crippen LogP contribution in [0.3, 0.4) is 0 Å². The largest absolute Gasteiger partial charge is 0.368 e. The maximum atomic E-state index is 13.7. The molecular formula is C32H45N7O4S. The highest BCUT2D eigenvalue weighted by Gasteiger charge is 2.52. The molecule has 0 unspecified atom stereocenters. The van der Waals surface area contributed by atoms with Crippen molar-refractivity contribution in [2.75, 3.05) is 87.3 Å². The van der Waals surface area contributed by atoms with Gasteiger partial charge in [-0.2, -0.15) is 0 Å². The Kier molecular flexibility index (Phi) is 9.11. The van der Waals surface area contributed by atoms with E-state index < -0.39 is 12.1 Å². The molecule has 6 rings (SSSR count). The summed E-state index contributed by atoms with van der Waals surface area (Å²) in [5.74, 6) is 0.530. The first-order valence-corrected chi connectivity index (χ1v) is 16.9. The molecule has 0 bridgehead atoms. The summed E-state index contributed by atoms with van der Waals surface area (Å²) < 4.78 is 5.67. The number of nitrogens with one attached hydrogen (secondary N) is 1. The van der Waals surface area contributed by atoms with Crippen LogP contribution in [0.25, 0.3) is 0 Å². The number of hydrogen-bond acceptors (Lipinski definition) is 10. The molecule has 44 heavy (non-hydrogen) atoms. The van der Waals surface area contributed by atoms with Crippen LogP contribution in [0.2, 0.25) is 0 Å². The molecule has 1 aromatic carbocycles. The van der Waals surface area contributed by atoms with Crippen LogP contribution in [0, 0.1) is 11.8 Å². The minimum Gasteiger partial charge on any atom is -0.368 e. The molecule has 12 heteroatoms. The standard InChI is InChI=1S/C32H45N7O4S/c1-5-21(2)27(31(42)39-18-22(3)29-28(39)25(40)19-43-29)34-30(41)23-6-8-24(9-7-23)36-14-16-37(17-15-36)26-20-44-32(33-26)38-12-10-35(4)11-13-38/h6-9,20-22,27-29H,5,10-19H2,1-4H3,(H,34,41)/t21-,22+,27-,28+,29+/m0/s1. The van der Waals surface area contributed by atoms with Crippen LogP contribution in [0.1, 0.15) is 37.6 Å². The minimum absolute atomic E-state index is 0.0495. The number of rotatable bonds is 8. The molecular weight excluding hydrogens is 578 g/mol. The predicted octanol–water partition coefficient (Wildman–Crippen LogP) is 2.18. The molecule has 11 nitrogen and oxygen atoms in total. The Morgan fingerprint density at radius 2 is 1.68 bits per heavy atom. The fourth-order valence-corrected chi connectivity index (χ4v) is 7.66. The fourth-order valence-electron chi connectivity index (χ4n) is 6.77. The molecule has 4 saturated heterocycles. The number of carbonyl (C=O) groups excluding carboxylic acids is 3. The van der Waals surface area contributed by atoms with Crippen molar-refractivity contribution in [2.24, 2.45) is 11.8 Å². The zero-order chi connectivity index (χ0) is 31.0. The second-order valence-corrected chi connectivity index (χ2v) is 13.6. The molecule has 0 radical (unpaired) electrons. The lowest BCUT2D eigenvalue weighted by Gasteiger charge is -2.36. The van der Waals surface area contributed by atoms with Crippen molar-refractivity contribution in [3.63, 3.8) is 0 Å². The van der Waals surface area contributed by atoms with Crippen LogP contribution in [-0.2, 0) is 14.3 Å². The second kappa shape index (κ2) is 13.0. The van der Waals surface area contributed by atoms with E-state index in [2.05, 4.69) is 37.3 Å². The molecule has 4 fully saturated rings. The summed E-state index contributed by atoms with van der Waals surface area (Å²) in [4.78, 5) is 55.6. The Hall–Kier alpha value is -3.22. The number of Topliss-reactive ketones (excluding diaryl/α,β-unsaturated/α-hetero) is 1. The highest BCUT2D eigenvalue weighted by molar-refractivity contribution is 7.14. The summed E-state index contributed by atoms with van der Waals surface area (Å²) in [6.07, 6.45) is 0.469. The number of amides is 2. The predicted molar refractivity (Wildman–Crippen MR) is 173 cm³/mol. The van der Waals surface area contributed by atoms with E-state index in [4.69, 9.17) is 9.72 Å². The van der Waals surface area contributed by atoms with Gasteiger partial charge in [-0.1, -0.05) is 27.2 Å². The van der Waals surface area contributed by atoms with Crippen LogP contribution in [0.5, 0.6) is 0 Å². The number of anilines is 3.